The largest absolute Gasteiger partial charge is 0.497 e. The Hall–Kier alpha value is -2.73. The van der Waals surface area contributed by atoms with Crippen molar-refractivity contribution in [3.05, 3.63) is 58.6 Å². The van der Waals surface area contributed by atoms with Crippen molar-refractivity contribution in [3.63, 3.8) is 0 Å². The Balaban J connectivity index is 2.30. The van der Waals surface area contributed by atoms with E-state index < -0.39 is 18.4 Å². The van der Waals surface area contributed by atoms with Crippen molar-refractivity contribution in [1.29, 1.82) is 0 Å². The third-order valence-electron chi connectivity index (χ3n) is 3.42. The highest BCUT2D eigenvalue weighted by Gasteiger charge is 2.20. The van der Waals surface area contributed by atoms with Crippen molar-refractivity contribution in [3.8, 4) is 5.75 Å². The second-order valence-electron chi connectivity index (χ2n) is 5.13. The second-order valence-corrected chi connectivity index (χ2v) is 5.56. The molecule has 6 nitrogen and oxygen atoms in total. The molecule has 0 spiro atoms. The average Bonchev–Trinajstić information content (AvgIpc) is 2.55. The Labute approximate surface area is 144 Å². The number of nitrogen functional groups attached to an aromatic ring is 1. The monoisotopic (exact) mass is 348 g/mol. The third-order valence-corrected chi connectivity index (χ3v) is 3.67. The number of nitrogens with two attached hydrogens (primary N) is 1. The zero-order valence-corrected chi connectivity index (χ0v) is 13.8. The van der Waals surface area contributed by atoms with Crippen LogP contribution in [0.3, 0.4) is 0 Å². The minimum absolute atomic E-state index is 0.0524. The van der Waals surface area contributed by atoms with E-state index in [-0.39, 0.29) is 6.54 Å². The van der Waals surface area contributed by atoms with Gasteiger partial charge in [0.25, 0.3) is 5.91 Å². The summed E-state index contributed by atoms with van der Waals surface area (Å²) in [5, 5.41) is 9.59. The molecule has 2 rings (SSSR count). The fourth-order valence-corrected chi connectivity index (χ4v) is 2.32. The maximum absolute atomic E-state index is 12.6. The van der Waals surface area contributed by atoms with Gasteiger partial charge in [0.15, 0.2) is 0 Å². The molecule has 0 atom stereocenters. The van der Waals surface area contributed by atoms with Crippen LogP contribution in [0.15, 0.2) is 42.5 Å². The summed E-state index contributed by atoms with van der Waals surface area (Å²) in [5.41, 5.74) is 7.34. The van der Waals surface area contributed by atoms with Crippen LogP contribution in [0.25, 0.3) is 0 Å². The maximum Gasteiger partial charge on any atom is 0.323 e. The van der Waals surface area contributed by atoms with Gasteiger partial charge in [-0.05, 0) is 48.0 Å². The van der Waals surface area contributed by atoms with E-state index in [4.69, 9.17) is 27.2 Å². The summed E-state index contributed by atoms with van der Waals surface area (Å²) in [6, 6.07) is 11.3. The number of benzene rings is 2. The maximum atomic E-state index is 12.6. The zero-order chi connectivity index (χ0) is 17.7. The van der Waals surface area contributed by atoms with Crippen molar-refractivity contribution in [2.75, 3.05) is 19.4 Å². The number of amides is 1. The summed E-state index contributed by atoms with van der Waals surface area (Å²) < 4.78 is 5.14. The SMILES string of the molecule is COc1ccc(N)c(CN(CC(=O)O)C(=O)c2ccc(Cl)cc2)c1. The fourth-order valence-electron chi connectivity index (χ4n) is 2.19. The van der Waals surface area contributed by atoms with Crippen LogP contribution in [0.1, 0.15) is 15.9 Å². The fraction of sp³-hybridized carbons (Fsp3) is 0.176. The molecule has 0 bridgehead atoms. The van der Waals surface area contributed by atoms with Crippen LogP contribution in [0.2, 0.25) is 5.02 Å². The van der Waals surface area contributed by atoms with Crippen LogP contribution in [-0.2, 0) is 11.3 Å². The van der Waals surface area contributed by atoms with Crippen LogP contribution in [0.4, 0.5) is 5.69 Å². The van der Waals surface area contributed by atoms with Gasteiger partial charge in [0.1, 0.15) is 12.3 Å². The van der Waals surface area contributed by atoms with E-state index in [0.717, 1.165) is 0 Å². The van der Waals surface area contributed by atoms with Crippen LogP contribution in [-0.4, -0.2) is 35.5 Å². The Morgan fingerprint density at radius 3 is 2.46 bits per heavy atom. The number of ether oxygens (including phenoxy) is 1. The minimum atomic E-state index is -1.11. The lowest BCUT2D eigenvalue weighted by Crippen LogP contribution is -2.35. The molecule has 0 aliphatic heterocycles. The van der Waals surface area contributed by atoms with Gasteiger partial charge >= 0.3 is 5.97 Å². The number of carboxylic acid groups (broad SMARTS) is 1. The number of rotatable bonds is 6. The highest BCUT2D eigenvalue weighted by Crippen LogP contribution is 2.22. The average molecular weight is 349 g/mol. The first kappa shape index (κ1) is 17.6. The van der Waals surface area contributed by atoms with Crippen molar-refractivity contribution in [2.45, 2.75) is 6.54 Å². The molecule has 0 unspecified atom stereocenters. The Morgan fingerprint density at radius 1 is 1.21 bits per heavy atom. The first-order chi connectivity index (χ1) is 11.4. The number of carboxylic acids is 1. The Bertz CT molecular complexity index is 747. The van der Waals surface area contributed by atoms with Gasteiger partial charge in [0, 0.05) is 22.8 Å². The summed E-state index contributed by atoms with van der Waals surface area (Å²) in [6.07, 6.45) is 0. The van der Waals surface area contributed by atoms with Gasteiger partial charge in [-0.3, -0.25) is 9.59 Å². The minimum Gasteiger partial charge on any atom is -0.497 e. The van der Waals surface area contributed by atoms with Gasteiger partial charge in [-0.2, -0.15) is 0 Å². The van der Waals surface area contributed by atoms with E-state index in [1.54, 1.807) is 42.5 Å². The predicted octanol–water partition coefficient (Wildman–Crippen LogP) is 2.66. The van der Waals surface area contributed by atoms with Crippen LogP contribution in [0, 0.1) is 0 Å². The van der Waals surface area contributed by atoms with E-state index in [0.29, 0.717) is 27.6 Å². The molecule has 0 saturated carbocycles. The number of aliphatic carboxylic acids is 1. The predicted molar refractivity (Wildman–Crippen MR) is 91.2 cm³/mol. The molecule has 2 aromatic rings. The second kappa shape index (κ2) is 7.70. The van der Waals surface area contributed by atoms with Gasteiger partial charge in [0.2, 0.25) is 0 Å². The number of nitrogens with zero attached hydrogens (tertiary/aromatic N) is 1. The Kier molecular flexibility index (Phi) is 5.65. The van der Waals surface area contributed by atoms with Gasteiger partial charge in [-0.25, -0.2) is 0 Å². The molecular formula is C17H17ClN2O4. The topological polar surface area (TPSA) is 92.9 Å². The van der Waals surface area contributed by atoms with E-state index in [9.17, 15) is 9.59 Å². The molecular weight excluding hydrogens is 332 g/mol. The summed E-state index contributed by atoms with van der Waals surface area (Å²) in [4.78, 5) is 24.9. The van der Waals surface area contributed by atoms with Crippen LogP contribution < -0.4 is 10.5 Å². The van der Waals surface area contributed by atoms with Gasteiger partial charge in [0.05, 0.1) is 7.11 Å². The van der Waals surface area contributed by atoms with Crippen molar-refractivity contribution >= 4 is 29.2 Å². The number of anilines is 1. The van der Waals surface area contributed by atoms with E-state index >= 15 is 0 Å². The number of carbonyl (C=O) groups excluding carboxylic acids is 1. The molecule has 0 aliphatic rings. The quantitative estimate of drug-likeness (QED) is 0.783. The number of carbonyl (C=O) groups is 2. The molecule has 126 valence electrons. The number of methoxy groups -OCH3 is 1. The smallest absolute Gasteiger partial charge is 0.323 e. The van der Waals surface area contributed by atoms with Gasteiger partial charge in [-0.15, -0.1) is 0 Å². The van der Waals surface area contributed by atoms with Gasteiger partial charge < -0.3 is 20.5 Å². The molecule has 0 fully saturated rings. The molecule has 0 saturated heterocycles. The molecule has 2 aromatic carbocycles. The molecule has 0 heterocycles. The lowest BCUT2D eigenvalue weighted by molar-refractivity contribution is -0.137. The Morgan fingerprint density at radius 2 is 1.88 bits per heavy atom. The molecule has 3 N–H and O–H groups in total. The highest BCUT2D eigenvalue weighted by atomic mass is 35.5. The first-order valence-electron chi connectivity index (χ1n) is 7.09. The normalized spacial score (nSPS) is 10.2. The van der Waals surface area contributed by atoms with Crippen LogP contribution in [0.5, 0.6) is 5.75 Å². The number of hydrogen-bond donors (Lipinski definition) is 2. The summed E-state index contributed by atoms with van der Waals surface area (Å²) in [7, 11) is 1.52. The zero-order valence-electron chi connectivity index (χ0n) is 13.0. The summed E-state index contributed by atoms with van der Waals surface area (Å²) in [5.74, 6) is -0.955. The third kappa shape index (κ3) is 4.39. The molecule has 0 radical (unpaired) electrons. The first-order valence-corrected chi connectivity index (χ1v) is 7.47. The van der Waals surface area contributed by atoms with Crippen molar-refractivity contribution < 1.29 is 19.4 Å². The molecule has 0 aromatic heterocycles. The molecule has 7 heteroatoms. The van der Waals surface area contributed by atoms with Gasteiger partial charge in [-0.1, -0.05) is 11.6 Å². The molecule has 24 heavy (non-hydrogen) atoms. The van der Waals surface area contributed by atoms with Crippen molar-refractivity contribution in [1.82, 2.24) is 4.90 Å². The summed E-state index contributed by atoms with van der Waals surface area (Å²) in [6.45, 7) is -0.394. The molecule has 1 amide bonds. The van der Waals surface area contributed by atoms with E-state index in [2.05, 4.69) is 0 Å². The van der Waals surface area contributed by atoms with Crippen molar-refractivity contribution in [2.24, 2.45) is 0 Å². The van der Waals surface area contributed by atoms with E-state index in [1.807, 2.05) is 0 Å². The summed E-state index contributed by atoms with van der Waals surface area (Å²) >= 11 is 5.81. The van der Waals surface area contributed by atoms with E-state index in [1.165, 1.54) is 12.0 Å². The molecule has 0 aliphatic carbocycles. The standard InChI is InChI=1S/C17H17ClN2O4/c1-24-14-6-7-15(19)12(8-14)9-20(10-16(21)22)17(23)11-2-4-13(18)5-3-11/h2-8H,9-10,19H2,1H3,(H,21,22). The lowest BCUT2D eigenvalue weighted by Gasteiger charge is -2.22. The number of halogens is 1. The van der Waals surface area contributed by atoms with Crippen LogP contribution >= 0.6 is 11.6 Å². The number of hydrogen-bond acceptors (Lipinski definition) is 4. The highest BCUT2D eigenvalue weighted by molar-refractivity contribution is 6.30. The lowest BCUT2D eigenvalue weighted by atomic mass is 10.1.